The number of hydrogen-bond donors (Lipinski definition) is 1. The number of nitrogens with zero attached hydrogens (tertiary/aromatic N) is 1. The number of morpholine rings is 1. The van der Waals surface area contributed by atoms with Gasteiger partial charge in [0.05, 0.1) is 20.3 Å². The fourth-order valence-corrected chi connectivity index (χ4v) is 3.08. The summed E-state index contributed by atoms with van der Waals surface area (Å²) in [5, 5.41) is 3.00. The van der Waals surface area contributed by atoms with E-state index in [1.54, 1.807) is 7.11 Å². The monoisotopic (exact) mass is 354 g/mol. The van der Waals surface area contributed by atoms with Crippen molar-refractivity contribution in [2.24, 2.45) is 0 Å². The van der Waals surface area contributed by atoms with Gasteiger partial charge in [0.15, 0.2) is 0 Å². The van der Waals surface area contributed by atoms with Crippen LogP contribution < -0.4 is 10.1 Å². The fraction of sp³-hybridized carbons (Fsp3) is 0.381. The van der Waals surface area contributed by atoms with Crippen LogP contribution in [0.15, 0.2) is 48.5 Å². The van der Waals surface area contributed by atoms with Crippen LogP contribution in [-0.4, -0.2) is 50.8 Å². The summed E-state index contributed by atoms with van der Waals surface area (Å²) in [5.41, 5.74) is 3.01. The Morgan fingerprint density at radius 3 is 2.69 bits per heavy atom. The van der Waals surface area contributed by atoms with Crippen LogP contribution in [0.4, 0.5) is 0 Å². The lowest BCUT2D eigenvalue weighted by Crippen LogP contribution is -2.35. The maximum absolute atomic E-state index is 12.4. The Balaban J connectivity index is 1.51. The number of carbonyl (C=O) groups is 1. The van der Waals surface area contributed by atoms with Gasteiger partial charge in [-0.2, -0.15) is 0 Å². The summed E-state index contributed by atoms with van der Waals surface area (Å²) >= 11 is 0. The molecule has 0 radical (unpaired) electrons. The molecule has 0 atom stereocenters. The van der Waals surface area contributed by atoms with Gasteiger partial charge < -0.3 is 14.8 Å². The molecule has 2 aromatic carbocycles. The number of benzene rings is 2. The van der Waals surface area contributed by atoms with Crippen LogP contribution in [0.5, 0.6) is 5.75 Å². The zero-order valence-electron chi connectivity index (χ0n) is 15.2. The first-order valence-electron chi connectivity index (χ1n) is 9.05. The molecule has 1 heterocycles. The van der Waals surface area contributed by atoms with Gasteiger partial charge >= 0.3 is 0 Å². The highest BCUT2D eigenvalue weighted by Gasteiger charge is 2.12. The highest BCUT2D eigenvalue weighted by atomic mass is 16.5. The van der Waals surface area contributed by atoms with Crippen molar-refractivity contribution in [1.29, 1.82) is 0 Å². The normalized spacial score (nSPS) is 14.8. The molecule has 2 aromatic rings. The zero-order valence-corrected chi connectivity index (χ0v) is 15.2. The molecular formula is C21H26N2O3. The smallest absolute Gasteiger partial charge is 0.251 e. The Labute approximate surface area is 154 Å². The van der Waals surface area contributed by atoms with Gasteiger partial charge in [0.25, 0.3) is 5.91 Å². The molecule has 1 fully saturated rings. The molecule has 1 aliphatic rings. The van der Waals surface area contributed by atoms with E-state index >= 15 is 0 Å². The molecule has 0 bridgehead atoms. The zero-order chi connectivity index (χ0) is 18.2. The van der Waals surface area contributed by atoms with Gasteiger partial charge in [-0.15, -0.1) is 0 Å². The largest absolute Gasteiger partial charge is 0.497 e. The van der Waals surface area contributed by atoms with Crippen molar-refractivity contribution < 1.29 is 14.3 Å². The highest BCUT2D eigenvalue weighted by molar-refractivity contribution is 5.94. The van der Waals surface area contributed by atoms with E-state index < -0.39 is 0 Å². The molecule has 0 spiro atoms. The quantitative estimate of drug-likeness (QED) is 0.830. The summed E-state index contributed by atoms with van der Waals surface area (Å²) in [5.74, 6) is 0.807. The molecule has 3 rings (SSSR count). The molecule has 5 nitrogen and oxygen atoms in total. The van der Waals surface area contributed by atoms with E-state index in [0.29, 0.717) is 12.1 Å². The van der Waals surface area contributed by atoms with E-state index in [1.807, 2.05) is 42.5 Å². The summed E-state index contributed by atoms with van der Waals surface area (Å²) < 4.78 is 10.6. The average molecular weight is 354 g/mol. The van der Waals surface area contributed by atoms with Crippen LogP contribution in [0.3, 0.4) is 0 Å². The Bertz CT molecular complexity index is 727. The molecule has 0 aromatic heterocycles. The molecular weight excluding hydrogens is 328 g/mol. The van der Waals surface area contributed by atoms with Gasteiger partial charge in [-0.25, -0.2) is 0 Å². The molecule has 1 saturated heterocycles. The Morgan fingerprint density at radius 2 is 1.88 bits per heavy atom. The van der Waals surface area contributed by atoms with Gasteiger partial charge in [-0.3, -0.25) is 9.69 Å². The maximum Gasteiger partial charge on any atom is 0.251 e. The third-order valence-corrected chi connectivity index (χ3v) is 4.53. The predicted octanol–water partition coefficient (Wildman–Crippen LogP) is 2.50. The summed E-state index contributed by atoms with van der Waals surface area (Å²) in [6, 6.07) is 15.8. The van der Waals surface area contributed by atoms with Crippen molar-refractivity contribution in [1.82, 2.24) is 10.2 Å². The molecule has 0 unspecified atom stereocenters. The molecule has 1 amide bonds. The van der Waals surface area contributed by atoms with Crippen molar-refractivity contribution in [3.63, 3.8) is 0 Å². The first kappa shape index (κ1) is 18.4. The van der Waals surface area contributed by atoms with Gasteiger partial charge in [0.2, 0.25) is 0 Å². The van der Waals surface area contributed by atoms with Crippen LogP contribution >= 0.6 is 0 Å². The van der Waals surface area contributed by atoms with Crippen LogP contribution in [0.25, 0.3) is 0 Å². The Hall–Kier alpha value is -2.37. The van der Waals surface area contributed by atoms with Crippen LogP contribution in [0.1, 0.15) is 21.5 Å². The number of carbonyl (C=O) groups excluding carboxylic acids is 1. The number of rotatable bonds is 7. The SMILES string of the molecule is COc1cccc(CCNC(=O)c2cccc(CN3CCOCC3)c2)c1. The van der Waals surface area contributed by atoms with E-state index in [1.165, 1.54) is 0 Å². The lowest BCUT2D eigenvalue weighted by atomic mass is 10.1. The average Bonchev–Trinajstić information content (AvgIpc) is 2.69. The van der Waals surface area contributed by atoms with Gasteiger partial charge in [0.1, 0.15) is 5.75 Å². The fourth-order valence-electron chi connectivity index (χ4n) is 3.08. The first-order chi connectivity index (χ1) is 12.7. The standard InChI is InChI=1S/C21H26N2O3/c1-25-20-7-3-4-17(15-20)8-9-22-21(24)19-6-2-5-18(14-19)16-23-10-12-26-13-11-23/h2-7,14-15H,8-13,16H2,1H3,(H,22,24). The number of methoxy groups -OCH3 is 1. The number of hydrogen-bond acceptors (Lipinski definition) is 4. The molecule has 138 valence electrons. The summed E-state index contributed by atoms with van der Waals surface area (Å²) in [7, 11) is 1.66. The maximum atomic E-state index is 12.4. The summed E-state index contributed by atoms with van der Waals surface area (Å²) in [6.07, 6.45) is 0.774. The minimum Gasteiger partial charge on any atom is -0.497 e. The predicted molar refractivity (Wildman–Crippen MR) is 102 cm³/mol. The van der Waals surface area contributed by atoms with Gasteiger partial charge in [0, 0.05) is 31.7 Å². The lowest BCUT2D eigenvalue weighted by molar-refractivity contribution is 0.0342. The van der Waals surface area contributed by atoms with E-state index in [0.717, 1.165) is 56.1 Å². The second kappa shape index (κ2) is 9.36. The molecule has 26 heavy (non-hydrogen) atoms. The molecule has 5 heteroatoms. The molecule has 1 aliphatic heterocycles. The molecule has 0 saturated carbocycles. The first-order valence-corrected chi connectivity index (χ1v) is 9.05. The third-order valence-electron chi connectivity index (χ3n) is 4.53. The van der Waals surface area contributed by atoms with E-state index in [2.05, 4.69) is 16.3 Å². The number of ether oxygens (including phenoxy) is 2. The molecule has 0 aliphatic carbocycles. The summed E-state index contributed by atoms with van der Waals surface area (Å²) in [4.78, 5) is 14.8. The number of nitrogens with one attached hydrogen (secondary N) is 1. The van der Waals surface area contributed by atoms with E-state index in [9.17, 15) is 4.79 Å². The second-order valence-corrected chi connectivity index (χ2v) is 6.45. The highest BCUT2D eigenvalue weighted by Crippen LogP contribution is 2.13. The van der Waals surface area contributed by atoms with Gasteiger partial charge in [-0.05, 0) is 41.8 Å². The van der Waals surface area contributed by atoms with Crippen molar-refractivity contribution in [2.45, 2.75) is 13.0 Å². The third kappa shape index (κ3) is 5.31. The van der Waals surface area contributed by atoms with Crippen molar-refractivity contribution in [2.75, 3.05) is 40.0 Å². The second-order valence-electron chi connectivity index (χ2n) is 6.45. The van der Waals surface area contributed by atoms with Crippen LogP contribution in [-0.2, 0) is 17.7 Å². The van der Waals surface area contributed by atoms with E-state index in [4.69, 9.17) is 9.47 Å². The van der Waals surface area contributed by atoms with Crippen molar-refractivity contribution >= 4 is 5.91 Å². The van der Waals surface area contributed by atoms with Crippen molar-refractivity contribution in [3.05, 3.63) is 65.2 Å². The minimum atomic E-state index is -0.0308. The number of amides is 1. The van der Waals surface area contributed by atoms with Crippen LogP contribution in [0.2, 0.25) is 0 Å². The minimum absolute atomic E-state index is 0.0308. The molecule has 1 N–H and O–H groups in total. The Morgan fingerprint density at radius 1 is 1.12 bits per heavy atom. The van der Waals surface area contributed by atoms with E-state index in [-0.39, 0.29) is 5.91 Å². The lowest BCUT2D eigenvalue weighted by Gasteiger charge is -2.26. The van der Waals surface area contributed by atoms with Crippen LogP contribution in [0, 0.1) is 0 Å². The van der Waals surface area contributed by atoms with Crippen molar-refractivity contribution in [3.8, 4) is 5.75 Å². The topological polar surface area (TPSA) is 50.8 Å². The van der Waals surface area contributed by atoms with Gasteiger partial charge in [-0.1, -0.05) is 24.3 Å². The Kier molecular flexibility index (Phi) is 6.63. The summed E-state index contributed by atoms with van der Waals surface area (Å²) in [6.45, 7) is 4.90.